The molecule has 7 nitrogen and oxygen atoms in total. The predicted molar refractivity (Wildman–Crippen MR) is 109 cm³/mol. The average molecular weight is 392 g/mol. The summed E-state index contributed by atoms with van der Waals surface area (Å²) in [5.41, 5.74) is 4.10. The summed E-state index contributed by atoms with van der Waals surface area (Å²) in [6, 6.07) is 10.2. The van der Waals surface area contributed by atoms with E-state index in [2.05, 4.69) is 37.5 Å². The monoisotopic (exact) mass is 392 g/mol. The quantitative estimate of drug-likeness (QED) is 0.544. The molecular weight excluding hydrogens is 372 g/mol. The number of benzene rings is 1. The minimum Gasteiger partial charge on any atom is -0.302 e. The summed E-state index contributed by atoms with van der Waals surface area (Å²) in [6.45, 7) is 3.91. The fourth-order valence-electron chi connectivity index (χ4n) is 3.18. The van der Waals surface area contributed by atoms with E-state index in [-0.39, 0.29) is 5.91 Å². The Kier molecular flexibility index (Phi) is 5.12. The van der Waals surface area contributed by atoms with E-state index in [1.54, 1.807) is 4.52 Å². The Bertz CT molecular complexity index is 1120. The Hall–Kier alpha value is -3.13. The fraction of sp³-hybridized carbons (Fsp3) is 0.250. The standard InChI is InChI=1S/C20H20N6OS/c1-13-17(14(2)26-19(24-13)22-12-23-26)8-9-18(27)25-20-21-11-16(28-20)10-15-6-4-3-5-7-15/h3-7,11-12H,8-10H2,1-2H3,(H,21,25,27). The lowest BCUT2D eigenvalue weighted by molar-refractivity contribution is -0.116. The summed E-state index contributed by atoms with van der Waals surface area (Å²) in [7, 11) is 0. The van der Waals surface area contributed by atoms with E-state index in [0.717, 1.165) is 28.2 Å². The van der Waals surface area contributed by atoms with E-state index in [1.165, 1.54) is 23.2 Å². The number of rotatable bonds is 6. The number of carbonyl (C=O) groups excluding carboxylic acids is 1. The van der Waals surface area contributed by atoms with E-state index >= 15 is 0 Å². The Morgan fingerprint density at radius 1 is 1.18 bits per heavy atom. The molecule has 4 rings (SSSR count). The van der Waals surface area contributed by atoms with E-state index in [4.69, 9.17) is 0 Å². The van der Waals surface area contributed by atoms with Gasteiger partial charge in [0.15, 0.2) is 5.13 Å². The third-order valence-electron chi connectivity index (χ3n) is 4.61. The first-order valence-electron chi connectivity index (χ1n) is 9.04. The number of thiazole rings is 1. The van der Waals surface area contributed by atoms with Crippen LogP contribution in [0.3, 0.4) is 0 Å². The van der Waals surface area contributed by atoms with Gasteiger partial charge >= 0.3 is 0 Å². The number of fused-ring (bicyclic) bond motifs is 1. The normalized spacial score (nSPS) is 11.1. The van der Waals surface area contributed by atoms with Gasteiger partial charge in [0.05, 0.1) is 0 Å². The van der Waals surface area contributed by atoms with Crippen LogP contribution in [-0.2, 0) is 17.6 Å². The van der Waals surface area contributed by atoms with Crippen molar-refractivity contribution >= 4 is 28.2 Å². The molecule has 0 saturated heterocycles. The van der Waals surface area contributed by atoms with Crippen molar-refractivity contribution in [3.05, 3.63) is 70.2 Å². The van der Waals surface area contributed by atoms with Gasteiger partial charge in [0.2, 0.25) is 5.91 Å². The zero-order chi connectivity index (χ0) is 19.5. The van der Waals surface area contributed by atoms with Crippen LogP contribution in [0.5, 0.6) is 0 Å². The van der Waals surface area contributed by atoms with Crippen molar-refractivity contribution in [1.29, 1.82) is 0 Å². The molecule has 142 valence electrons. The maximum atomic E-state index is 12.4. The molecule has 1 N–H and O–H groups in total. The van der Waals surface area contributed by atoms with Crippen molar-refractivity contribution in [2.24, 2.45) is 0 Å². The van der Waals surface area contributed by atoms with Gasteiger partial charge < -0.3 is 5.32 Å². The minimum atomic E-state index is -0.0573. The molecule has 0 fully saturated rings. The van der Waals surface area contributed by atoms with Gasteiger partial charge in [0, 0.05) is 35.3 Å². The highest BCUT2D eigenvalue weighted by Crippen LogP contribution is 2.22. The molecule has 1 aromatic carbocycles. The largest absolute Gasteiger partial charge is 0.302 e. The lowest BCUT2D eigenvalue weighted by Crippen LogP contribution is -2.14. The first-order chi connectivity index (χ1) is 13.6. The number of amides is 1. The van der Waals surface area contributed by atoms with E-state index < -0.39 is 0 Å². The average Bonchev–Trinajstić information content (AvgIpc) is 3.32. The second-order valence-corrected chi connectivity index (χ2v) is 7.69. The van der Waals surface area contributed by atoms with Crippen molar-refractivity contribution in [2.75, 3.05) is 5.32 Å². The maximum Gasteiger partial charge on any atom is 0.252 e. The molecule has 0 radical (unpaired) electrons. The zero-order valence-corrected chi connectivity index (χ0v) is 16.5. The smallest absolute Gasteiger partial charge is 0.252 e. The van der Waals surface area contributed by atoms with Crippen LogP contribution in [0, 0.1) is 13.8 Å². The van der Waals surface area contributed by atoms with Gasteiger partial charge in [-0.1, -0.05) is 30.3 Å². The topological polar surface area (TPSA) is 85.1 Å². The van der Waals surface area contributed by atoms with E-state index in [0.29, 0.717) is 23.8 Å². The third-order valence-corrected chi connectivity index (χ3v) is 5.52. The van der Waals surface area contributed by atoms with Crippen molar-refractivity contribution in [3.63, 3.8) is 0 Å². The van der Waals surface area contributed by atoms with Crippen molar-refractivity contribution < 1.29 is 4.79 Å². The molecular formula is C20H20N6OS. The van der Waals surface area contributed by atoms with Crippen LogP contribution in [-0.4, -0.2) is 30.5 Å². The molecule has 0 bridgehead atoms. The summed E-state index contributed by atoms with van der Waals surface area (Å²) >= 11 is 1.51. The van der Waals surface area contributed by atoms with Crippen LogP contribution in [0.2, 0.25) is 0 Å². The first-order valence-corrected chi connectivity index (χ1v) is 9.86. The van der Waals surface area contributed by atoms with E-state index in [1.807, 2.05) is 38.2 Å². The highest BCUT2D eigenvalue weighted by molar-refractivity contribution is 7.15. The Morgan fingerprint density at radius 3 is 2.82 bits per heavy atom. The number of aromatic nitrogens is 5. The summed E-state index contributed by atoms with van der Waals surface area (Å²) in [5.74, 6) is 0.523. The predicted octanol–water partition coefficient (Wildman–Crippen LogP) is 3.36. The molecule has 3 heterocycles. The third kappa shape index (κ3) is 3.91. The molecule has 28 heavy (non-hydrogen) atoms. The molecule has 0 saturated carbocycles. The van der Waals surface area contributed by atoms with Gasteiger partial charge in [0.25, 0.3) is 5.78 Å². The van der Waals surface area contributed by atoms with Crippen LogP contribution >= 0.6 is 11.3 Å². The second kappa shape index (κ2) is 7.85. The minimum absolute atomic E-state index is 0.0573. The highest BCUT2D eigenvalue weighted by Gasteiger charge is 2.13. The number of nitrogens with one attached hydrogen (secondary N) is 1. The number of carbonyl (C=O) groups is 1. The van der Waals surface area contributed by atoms with Crippen LogP contribution < -0.4 is 5.32 Å². The molecule has 0 aliphatic heterocycles. The number of aryl methyl sites for hydroxylation is 2. The van der Waals surface area contributed by atoms with Gasteiger partial charge in [0.1, 0.15) is 6.33 Å². The number of anilines is 1. The molecule has 3 aromatic heterocycles. The van der Waals surface area contributed by atoms with Crippen LogP contribution in [0.15, 0.2) is 42.9 Å². The van der Waals surface area contributed by atoms with E-state index in [9.17, 15) is 4.79 Å². The van der Waals surface area contributed by atoms with Crippen molar-refractivity contribution in [3.8, 4) is 0 Å². The summed E-state index contributed by atoms with van der Waals surface area (Å²) in [4.78, 5) is 26.4. The van der Waals surface area contributed by atoms with Crippen molar-refractivity contribution in [2.45, 2.75) is 33.1 Å². The lowest BCUT2D eigenvalue weighted by atomic mass is 10.1. The highest BCUT2D eigenvalue weighted by atomic mass is 32.1. The number of nitrogens with zero attached hydrogens (tertiary/aromatic N) is 5. The van der Waals surface area contributed by atoms with Crippen molar-refractivity contribution in [1.82, 2.24) is 24.6 Å². The SMILES string of the molecule is Cc1nc2ncnn2c(C)c1CCC(=O)Nc1ncc(Cc2ccccc2)s1. The Labute approximate surface area is 166 Å². The molecule has 0 spiro atoms. The second-order valence-electron chi connectivity index (χ2n) is 6.58. The van der Waals surface area contributed by atoms with Gasteiger partial charge in [-0.05, 0) is 31.4 Å². The number of hydrogen-bond donors (Lipinski definition) is 1. The fourth-order valence-corrected chi connectivity index (χ4v) is 4.04. The molecule has 1 amide bonds. The summed E-state index contributed by atoms with van der Waals surface area (Å²) in [5, 5.41) is 7.72. The summed E-state index contributed by atoms with van der Waals surface area (Å²) in [6.07, 6.45) is 5.08. The molecule has 0 aliphatic rings. The van der Waals surface area contributed by atoms with Crippen LogP contribution in [0.1, 0.15) is 33.8 Å². The van der Waals surface area contributed by atoms with Gasteiger partial charge in [-0.3, -0.25) is 4.79 Å². The molecule has 8 heteroatoms. The summed E-state index contributed by atoms with van der Waals surface area (Å²) < 4.78 is 1.71. The van der Waals surface area contributed by atoms with Crippen LogP contribution in [0.25, 0.3) is 5.78 Å². The lowest BCUT2D eigenvalue weighted by Gasteiger charge is -2.10. The number of hydrogen-bond acceptors (Lipinski definition) is 6. The first kappa shape index (κ1) is 18.2. The Morgan fingerprint density at radius 2 is 2.00 bits per heavy atom. The molecule has 4 aromatic rings. The van der Waals surface area contributed by atoms with Gasteiger partial charge in [-0.15, -0.1) is 11.3 Å². The van der Waals surface area contributed by atoms with Gasteiger partial charge in [-0.2, -0.15) is 10.1 Å². The Balaban J connectivity index is 1.38. The molecule has 0 unspecified atom stereocenters. The molecule has 0 aliphatic carbocycles. The zero-order valence-electron chi connectivity index (χ0n) is 15.7. The molecule has 0 atom stereocenters. The van der Waals surface area contributed by atoms with Crippen LogP contribution in [0.4, 0.5) is 5.13 Å². The maximum absolute atomic E-state index is 12.4. The van der Waals surface area contributed by atoms with Gasteiger partial charge in [-0.25, -0.2) is 14.5 Å².